The van der Waals surface area contributed by atoms with Gasteiger partial charge in [-0.3, -0.25) is 0 Å². The van der Waals surface area contributed by atoms with Crippen LogP contribution in [0.4, 0.5) is 0 Å². The quantitative estimate of drug-likeness (QED) is 0.552. The van der Waals surface area contributed by atoms with Gasteiger partial charge in [-0.15, -0.1) is 0 Å². The van der Waals surface area contributed by atoms with E-state index in [1.807, 2.05) is 0 Å². The van der Waals surface area contributed by atoms with Crippen LogP contribution in [0.25, 0.3) is 17.0 Å². The average molecular weight is 416 g/mol. The molecule has 0 amide bonds. The summed E-state index contributed by atoms with van der Waals surface area (Å²) in [4.78, 5) is 11.5. The molecule has 4 nitrogen and oxygen atoms in total. The van der Waals surface area contributed by atoms with E-state index in [9.17, 15) is 13.2 Å². The molecule has 128 valence electrons. The van der Waals surface area contributed by atoms with Gasteiger partial charge in [-0.1, -0.05) is 40.9 Å². The Kier molecular flexibility index (Phi) is 4.93. The highest BCUT2D eigenvalue weighted by Gasteiger charge is 2.18. The first kappa shape index (κ1) is 18.0. The van der Waals surface area contributed by atoms with E-state index >= 15 is 0 Å². The van der Waals surface area contributed by atoms with Crippen molar-refractivity contribution < 1.29 is 12.8 Å². The summed E-state index contributed by atoms with van der Waals surface area (Å²) in [5.74, 6) is 0. The second-order valence-corrected chi connectivity index (χ2v) is 8.18. The van der Waals surface area contributed by atoms with Crippen molar-refractivity contribution >= 4 is 61.7 Å². The Morgan fingerprint density at radius 2 is 1.60 bits per heavy atom. The molecule has 0 N–H and O–H groups in total. The fraction of sp³-hybridized carbons (Fsp3) is 0. The minimum Gasteiger partial charge on any atom is -0.422 e. The minimum atomic E-state index is -4.04. The average Bonchev–Trinajstić information content (AvgIpc) is 2.53. The van der Waals surface area contributed by atoms with Crippen LogP contribution < -0.4 is 5.63 Å². The maximum Gasteiger partial charge on any atom is 0.355 e. The predicted molar refractivity (Wildman–Crippen MR) is 100 cm³/mol. The maximum atomic E-state index is 12.5. The fourth-order valence-electron chi connectivity index (χ4n) is 2.15. The van der Waals surface area contributed by atoms with Gasteiger partial charge in [0.2, 0.25) is 9.84 Å². The van der Waals surface area contributed by atoms with E-state index in [2.05, 4.69) is 0 Å². The van der Waals surface area contributed by atoms with Crippen LogP contribution >= 0.6 is 34.8 Å². The third kappa shape index (κ3) is 3.90. The van der Waals surface area contributed by atoms with E-state index in [1.165, 1.54) is 30.3 Å². The van der Waals surface area contributed by atoms with Crippen molar-refractivity contribution in [3.8, 4) is 0 Å². The Morgan fingerprint density at radius 3 is 2.32 bits per heavy atom. The van der Waals surface area contributed by atoms with Crippen molar-refractivity contribution in [3.05, 3.63) is 78.9 Å². The summed E-state index contributed by atoms with van der Waals surface area (Å²) in [5.41, 5.74) is -0.261. The van der Waals surface area contributed by atoms with Gasteiger partial charge in [0, 0.05) is 25.9 Å². The monoisotopic (exact) mass is 414 g/mol. The topological polar surface area (TPSA) is 64.3 Å². The SMILES string of the molecule is O=c1oc2ccc(Cl)cc2cc1S(=O)(=O)/C=C\c1ccc(Cl)cc1Cl. The number of hydrogen-bond donors (Lipinski definition) is 0. The summed E-state index contributed by atoms with van der Waals surface area (Å²) in [6, 6.07) is 10.4. The molecule has 3 aromatic rings. The van der Waals surface area contributed by atoms with Crippen LogP contribution in [-0.4, -0.2) is 8.42 Å². The van der Waals surface area contributed by atoms with Gasteiger partial charge in [-0.25, -0.2) is 13.2 Å². The Hall–Kier alpha value is -1.79. The van der Waals surface area contributed by atoms with Gasteiger partial charge in [0.1, 0.15) is 5.58 Å². The summed E-state index contributed by atoms with van der Waals surface area (Å²) in [5, 5.41) is 2.41. The van der Waals surface area contributed by atoms with Crippen LogP contribution in [0, 0.1) is 0 Å². The highest BCUT2D eigenvalue weighted by Crippen LogP contribution is 2.24. The lowest BCUT2D eigenvalue weighted by Gasteiger charge is -2.02. The molecular formula is C17H9Cl3O4S. The molecule has 0 spiro atoms. The Labute approximate surface area is 158 Å². The zero-order valence-corrected chi connectivity index (χ0v) is 15.5. The first-order valence-corrected chi connectivity index (χ1v) is 9.56. The van der Waals surface area contributed by atoms with Gasteiger partial charge >= 0.3 is 5.63 Å². The number of halogens is 3. The van der Waals surface area contributed by atoms with Crippen LogP contribution in [-0.2, 0) is 9.84 Å². The van der Waals surface area contributed by atoms with Gasteiger partial charge in [-0.05, 0) is 48.0 Å². The second-order valence-electron chi connectivity index (χ2n) is 5.09. The molecular weight excluding hydrogens is 407 g/mol. The zero-order valence-electron chi connectivity index (χ0n) is 12.4. The number of benzene rings is 2. The van der Waals surface area contributed by atoms with E-state index in [0.717, 1.165) is 5.41 Å². The lowest BCUT2D eigenvalue weighted by Crippen LogP contribution is -2.11. The molecule has 0 bridgehead atoms. The highest BCUT2D eigenvalue weighted by molar-refractivity contribution is 7.94. The van der Waals surface area contributed by atoms with Crippen molar-refractivity contribution in [2.45, 2.75) is 4.90 Å². The van der Waals surface area contributed by atoms with Crippen molar-refractivity contribution in [1.29, 1.82) is 0 Å². The van der Waals surface area contributed by atoms with Crippen molar-refractivity contribution in [2.75, 3.05) is 0 Å². The molecule has 1 heterocycles. The van der Waals surface area contributed by atoms with Gasteiger partial charge < -0.3 is 4.42 Å². The summed E-state index contributed by atoms with van der Waals surface area (Å²) < 4.78 is 30.0. The molecule has 0 unspecified atom stereocenters. The Bertz CT molecular complexity index is 1160. The maximum absolute atomic E-state index is 12.5. The van der Waals surface area contributed by atoms with Crippen molar-refractivity contribution in [1.82, 2.24) is 0 Å². The van der Waals surface area contributed by atoms with Crippen molar-refractivity contribution in [2.24, 2.45) is 0 Å². The molecule has 0 saturated carbocycles. The van der Waals surface area contributed by atoms with Crippen LogP contribution in [0.5, 0.6) is 0 Å². The largest absolute Gasteiger partial charge is 0.422 e. The molecule has 8 heteroatoms. The molecule has 1 aromatic heterocycles. The Balaban J connectivity index is 2.07. The fourth-order valence-corrected chi connectivity index (χ4v) is 3.84. The third-order valence-corrected chi connectivity index (χ3v) is 5.55. The number of hydrogen-bond acceptors (Lipinski definition) is 4. The summed E-state index contributed by atoms with van der Waals surface area (Å²) >= 11 is 17.7. The van der Waals surface area contributed by atoms with E-state index in [0.29, 0.717) is 21.0 Å². The minimum absolute atomic E-state index is 0.248. The molecule has 0 radical (unpaired) electrons. The zero-order chi connectivity index (χ0) is 18.2. The first-order valence-electron chi connectivity index (χ1n) is 6.88. The van der Waals surface area contributed by atoms with E-state index in [4.69, 9.17) is 39.2 Å². The van der Waals surface area contributed by atoms with Gasteiger partial charge in [-0.2, -0.15) is 0 Å². The van der Waals surface area contributed by atoms with Crippen LogP contribution in [0.1, 0.15) is 5.56 Å². The third-order valence-electron chi connectivity index (χ3n) is 3.36. The second kappa shape index (κ2) is 6.84. The standard InChI is InChI=1S/C17H9Cl3O4S/c18-12-3-4-15-11(7-12)8-16(17(21)24-15)25(22,23)6-5-10-1-2-13(19)9-14(10)20/h1-9H/b6-5-. The van der Waals surface area contributed by atoms with E-state index in [1.54, 1.807) is 18.2 Å². The smallest absolute Gasteiger partial charge is 0.355 e. The molecule has 0 aliphatic heterocycles. The van der Waals surface area contributed by atoms with Crippen molar-refractivity contribution in [3.63, 3.8) is 0 Å². The molecule has 0 atom stereocenters. The van der Waals surface area contributed by atoms with Gasteiger partial charge in [0.15, 0.2) is 4.90 Å². The molecule has 2 aromatic carbocycles. The number of rotatable bonds is 3. The van der Waals surface area contributed by atoms with Gasteiger partial charge in [0.25, 0.3) is 0 Å². The van der Waals surface area contributed by atoms with E-state index in [-0.39, 0.29) is 10.6 Å². The van der Waals surface area contributed by atoms with Gasteiger partial charge in [0.05, 0.1) is 0 Å². The first-order chi connectivity index (χ1) is 11.8. The summed E-state index contributed by atoms with van der Waals surface area (Å²) in [6.07, 6.45) is 1.29. The van der Waals surface area contributed by atoms with Crippen LogP contribution in [0.3, 0.4) is 0 Å². The predicted octanol–water partition coefficient (Wildman–Crippen LogP) is 5.20. The highest BCUT2D eigenvalue weighted by atomic mass is 35.5. The number of fused-ring (bicyclic) bond motifs is 1. The van der Waals surface area contributed by atoms with Crippen LogP contribution in [0.15, 0.2) is 62.0 Å². The number of sulfone groups is 1. The lowest BCUT2D eigenvalue weighted by atomic mass is 10.2. The molecule has 0 aliphatic carbocycles. The molecule has 0 aliphatic rings. The van der Waals surface area contributed by atoms with E-state index < -0.39 is 20.4 Å². The molecule has 3 rings (SSSR count). The Morgan fingerprint density at radius 1 is 0.920 bits per heavy atom. The molecule has 0 fully saturated rings. The van der Waals surface area contributed by atoms with Crippen LogP contribution in [0.2, 0.25) is 15.1 Å². The summed E-state index contributed by atoms with van der Waals surface area (Å²) in [6.45, 7) is 0. The molecule has 25 heavy (non-hydrogen) atoms. The normalized spacial score (nSPS) is 12.1. The lowest BCUT2D eigenvalue weighted by molar-refractivity contribution is 0.534. The molecule has 0 saturated heterocycles. The summed E-state index contributed by atoms with van der Waals surface area (Å²) in [7, 11) is -4.04.